The fourth-order valence-electron chi connectivity index (χ4n) is 2.62. The molecule has 0 aliphatic carbocycles. The second kappa shape index (κ2) is 6.85. The number of piperidine rings is 1. The number of nitrogens with zero attached hydrogens (tertiary/aromatic N) is 1. The molecule has 2 rings (SSSR count). The highest BCUT2D eigenvalue weighted by molar-refractivity contribution is 5.78. The van der Waals surface area contributed by atoms with Gasteiger partial charge in [0.15, 0.2) is 18.2 Å². The van der Waals surface area contributed by atoms with Crippen LogP contribution in [0.2, 0.25) is 0 Å². The summed E-state index contributed by atoms with van der Waals surface area (Å²) in [5.74, 6) is -1.30. The van der Waals surface area contributed by atoms with E-state index in [-0.39, 0.29) is 24.3 Å². The summed E-state index contributed by atoms with van der Waals surface area (Å²) >= 11 is 0. The van der Waals surface area contributed by atoms with Crippen molar-refractivity contribution in [1.82, 2.24) is 4.90 Å². The molecule has 1 saturated heterocycles. The Morgan fingerprint density at radius 3 is 2.90 bits per heavy atom. The minimum Gasteiger partial charge on any atom is -0.481 e. The summed E-state index contributed by atoms with van der Waals surface area (Å²) < 4.78 is 31.4. The van der Waals surface area contributed by atoms with Crippen LogP contribution < -0.4 is 10.5 Å². The molecule has 1 aliphatic heterocycles. The molecule has 1 aromatic carbocycles. The number of carbonyl (C=O) groups is 1. The zero-order chi connectivity index (χ0) is 15.4. The zero-order valence-corrected chi connectivity index (χ0v) is 12.0. The third kappa shape index (κ3) is 3.91. The Hall–Kier alpha value is -1.69. The van der Waals surface area contributed by atoms with Crippen molar-refractivity contribution in [2.75, 3.05) is 19.7 Å². The lowest BCUT2D eigenvalue weighted by Gasteiger charge is -2.37. The number of likely N-dealkylation sites (tertiary alicyclic amines) is 1. The molecule has 1 aliphatic rings. The van der Waals surface area contributed by atoms with E-state index in [1.165, 1.54) is 6.07 Å². The lowest BCUT2D eigenvalue weighted by atomic mass is 9.92. The Balaban J connectivity index is 1.94. The predicted molar refractivity (Wildman–Crippen MR) is 74.8 cm³/mol. The van der Waals surface area contributed by atoms with Crippen LogP contribution in [-0.4, -0.2) is 36.5 Å². The number of carbonyl (C=O) groups excluding carboxylic acids is 1. The van der Waals surface area contributed by atoms with Gasteiger partial charge in [0.2, 0.25) is 0 Å². The van der Waals surface area contributed by atoms with Crippen LogP contribution in [-0.2, 0) is 4.79 Å². The predicted octanol–water partition coefficient (Wildman–Crippen LogP) is 1.93. The number of halogens is 2. The first-order valence-corrected chi connectivity index (χ1v) is 7.08. The van der Waals surface area contributed by atoms with Crippen molar-refractivity contribution in [3.8, 4) is 5.75 Å². The van der Waals surface area contributed by atoms with Gasteiger partial charge in [-0.1, -0.05) is 6.92 Å². The van der Waals surface area contributed by atoms with Gasteiger partial charge in [0, 0.05) is 25.2 Å². The van der Waals surface area contributed by atoms with Gasteiger partial charge in [-0.05, 0) is 30.9 Å². The molecule has 1 heterocycles. The van der Waals surface area contributed by atoms with Crippen LogP contribution in [0.1, 0.15) is 19.8 Å². The Morgan fingerprint density at radius 2 is 2.24 bits per heavy atom. The number of amides is 1. The van der Waals surface area contributed by atoms with Gasteiger partial charge in [-0.3, -0.25) is 4.79 Å². The molecule has 1 amide bonds. The molecule has 1 aromatic rings. The number of benzene rings is 1. The van der Waals surface area contributed by atoms with E-state index >= 15 is 0 Å². The fraction of sp³-hybridized carbons (Fsp3) is 0.533. The minimum atomic E-state index is -0.814. The van der Waals surface area contributed by atoms with Gasteiger partial charge >= 0.3 is 0 Å². The van der Waals surface area contributed by atoms with Crippen LogP contribution in [0, 0.1) is 17.6 Å². The van der Waals surface area contributed by atoms with Gasteiger partial charge in [-0.25, -0.2) is 8.78 Å². The number of hydrogen-bond donors (Lipinski definition) is 1. The third-order valence-corrected chi connectivity index (χ3v) is 3.82. The average Bonchev–Trinajstić information content (AvgIpc) is 2.45. The van der Waals surface area contributed by atoms with Gasteiger partial charge in [-0.15, -0.1) is 0 Å². The lowest BCUT2D eigenvalue weighted by molar-refractivity contribution is -0.137. The molecule has 0 bridgehead atoms. The molecule has 116 valence electrons. The fourth-order valence-corrected chi connectivity index (χ4v) is 2.62. The summed E-state index contributed by atoms with van der Waals surface area (Å²) in [4.78, 5) is 13.9. The first kappa shape index (κ1) is 15.7. The molecular weight excluding hydrogens is 278 g/mol. The molecule has 0 saturated carbocycles. The van der Waals surface area contributed by atoms with Crippen LogP contribution in [0.5, 0.6) is 5.75 Å². The first-order chi connectivity index (χ1) is 10.0. The zero-order valence-electron chi connectivity index (χ0n) is 12.0. The van der Waals surface area contributed by atoms with Gasteiger partial charge in [0.25, 0.3) is 5.91 Å². The van der Waals surface area contributed by atoms with E-state index in [9.17, 15) is 13.6 Å². The maximum atomic E-state index is 13.4. The largest absolute Gasteiger partial charge is 0.481 e. The number of nitrogens with two attached hydrogens (primary N) is 1. The van der Waals surface area contributed by atoms with Crippen LogP contribution in [0.4, 0.5) is 8.78 Å². The maximum Gasteiger partial charge on any atom is 0.260 e. The molecule has 0 spiro atoms. The molecule has 4 nitrogen and oxygen atoms in total. The monoisotopic (exact) mass is 298 g/mol. The van der Waals surface area contributed by atoms with E-state index < -0.39 is 11.6 Å². The number of ether oxygens (including phenoxy) is 1. The van der Waals surface area contributed by atoms with E-state index in [4.69, 9.17) is 10.5 Å². The van der Waals surface area contributed by atoms with Crippen molar-refractivity contribution >= 4 is 5.91 Å². The maximum absolute atomic E-state index is 13.4. The van der Waals surface area contributed by atoms with Crippen molar-refractivity contribution < 1.29 is 18.3 Å². The lowest BCUT2D eigenvalue weighted by Crippen LogP contribution is -2.50. The number of hydrogen-bond acceptors (Lipinski definition) is 3. The van der Waals surface area contributed by atoms with Crippen LogP contribution in [0.3, 0.4) is 0 Å². The van der Waals surface area contributed by atoms with E-state index in [1.54, 1.807) is 4.90 Å². The van der Waals surface area contributed by atoms with Gasteiger partial charge in [0.1, 0.15) is 5.82 Å². The van der Waals surface area contributed by atoms with Gasteiger partial charge in [0.05, 0.1) is 0 Å². The number of rotatable bonds is 4. The van der Waals surface area contributed by atoms with Crippen molar-refractivity contribution in [3.05, 3.63) is 29.8 Å². The first-order valence-electron chi connectivity index (χ1n) is 7.08. The summed E-state index contributed by atoms with van der Waals surface area (Å²) in [5.41, 5.74) is 5.71. The molecule has 2 atom stereocenters. The molecular formula is C15H20F2N2O2. The summed E-state index contributed by atoms with van der Waals surface area (Å²) in [7, 11) is 0. The van der Waals surface area contributed by atoms with Crippen molar-refractivity contribution in [2.45, 2.75) is 25.8 Å². The van der Waals surface area contributed by atoms with E-state index in [0.29, 0.717) is 19.0 Å². The topological polar surface area (TPSA) is 55.6 Å². The molecule has 2 N–H and O–H groups in total. The Kier molecular flexibility index (Phi) is 5.12. The standard InChI is InChI=1S/C15H20F2N2O2/c1-10-4-5-19(12(6-10)8-18)15(20)9-21-14-3-2-11(16)7-13(14)17/h2-3,7,10,12H,4-6,8-9,18H2,1H3. The van der Waals surface area contributed by atoms with Crippen LogP contribution >= 0.6 is 0 Å². The summed E-state index contributed by atoms with van der Waals surface area (Å²) in [6.45, 7) is 2.90. The average molecular weight is 298 g/mol. The van der Waals surface area contributed by atoms with Crippen LogP contribution in [0.15, 0.2) is 18.2 Å². The normalized spacial score (nSPS) is 22.2. The summed E-state index contributed by atoms with van der Waals surface area (Å²) in [5, 5.41) is 0. The summed E-state index contributed by atoms with van der Waals surface area (Å²) in [6.07, 6.45) is 1.79. The summed E-state index contributed by atoms with van der Waals surface area (Å²) in [6, 6.07) is 3.00. The van der Waals surface area contributed by atoms with Crippen molar-refractivity contribution in [2.24, 2.45) is 11.7 Å². The Bertz CT molecular complexity index is 510. The SMILES string of the molecule is CC1CCN(C(=O)COc2ccc(F)cc2F)C(CN)C1. The van der Waals surface area contributed by atoms with Crippen LogP contribution in [0.25, 0.3) is 0 Å². The molecule has 21 heavy (non-hydrogen) atoms. The molecule has 6 heteroatoms. The molecule has 0 radical (unpaired) electrons. The second-order valence-corrected chi connectivity index (χ2v) is 5.47. The Morgan fingerprint density at radius 1 is 1.48 bits per heavy atom. The highest BCUT2D eigenvalue weighted by atomic mass is 19.1. The highest BCUT2D eigenvalue weighted by Gasteiger charge is 2.29. The highest BCUT2D eigenvalue weighted by Crippen LogP contribution is 2.22. The molecule has 1 fully saturated rings. The second-order valence-electron chi connectivity index (χ2n) is 5.47. The van der Waals surface area contributed by atoms with Crippen molar-refractivity contribution in [1.29, 1.82) is 0 Å². The molecule has 2 unspecified atom stereocenters. The van der Waals surface area contributed by atoms with E-state index in [1.807, 2.05) is 0 Å². The minimum absolute atomic E-state index is 0.00270. The third-order valence-electron chi connectivity index (χ3n) is 3.82. The Labute approximate surface area is 122 Å². The van der Waals surface area contributed by atoms with Gasteiger partial charge in [-0.2, -0.15) is 0 Å². The smallest absolute Gasteiger partial charge is 0.260 e. The molecule has 0 aromatic heterocycles. The van der Waals surface area contributed by atoms with E-state index in [0.717, 1.165) is 25.0 Å². The van der Waals surface area contributed by atoms with E-state index in [2.05, 4.69) is 6.92 Å². The van der Waals surface area contributed by atoms with Crippen molar-refractivity contribution in [3.63, 3.8) is 0 Å². The van der Waals surface area contributed by atoms with Gasteiger partial charge < -0.3 is 15.4 Å². The quantitative estimate of drug-likeness (QED) is 0.924.